The largest absolute Gasteiger partial charge is 0.264 e. The summed E-state index contributed by atoms with van der Waals surface area (Å²) in [6, 6.07) is 8.38. The van der Waals surface area contributed by atoms with E-state index in [9.17, 15) is 0 Å². The minimum atomic E-state index is -0.0515. The fourth-order valence-corrected chi connectivity index (χ4v) is 3.16. The molecule has 1 unspecified atom stereocenters. The van der Waals surface area contributed by atoms with Crippen LogP contribution in [0, 0.1) is 6.92 Å². The van der Waals surface area contributed by atoms with Crippen LogP contribution in [0.25, 0.3) is 11.1 Å². The quantitative estimate of drug-likeness (QED) is 0.707. The van der Waals surface area contributed by atoms with Gasteiger partial charge in [-0.1, -0.05) is 43.0 Å². The summed E-state index contributed by atoms with van der Waals surface area (Å²) in [4.78, 5) is 4.26. The van der Waals surface area contributed by atoms with Gasteiger partial charge in [0, 0.05) is 24.2 Å². The molecular formula is C20H17N3. The average molecular weight is 299 g/mol. The van der Waals surface area contributed by atoms with Gasteiger partial charge in [-0.05, 0) is 40.8 Å². The molecule has 0 saturated heterocycles. The van der Waals surface area contributed by atoms with E-state index < -0.39 is 0 Å². The van der Waals surface area contributed by atoms with Crippen LogP contribution in [0.3, 0.4) is 0 Å². The van der Waals surface area contributed by atoms with E-state index >= 15 is 0 Å². The fourth-order valence-electron chi connectivity index (χ4n) is 3.16. The predicted molar refractivity (Wildman–Crippen MR) is 93.1 cm³/mol. The number of aryl methyl sites for hydroxylation is 1. The minimum absolute atomic E-state index is 0.0515. The zero-order valence-corrected chi connectivity index (χ0v) is 13.0. The van der Waals surface area contributed by atoms with Crippen LogP contribution >= 0.6 is 0 Å². The predicted octanol–water partition coefficient (Wildman–Crippen LogP) is 4.28. The Kier molecular flexibility index (Phi) is 3.01. The van der Waals surface area contributed by atoms with Crippen molar-refractivity contribution >= 4 is 11.1 Å². The highest BCUT2D eigenvalue weighted by Crippen LogP contribution is 2.49. The molecule has 3 nitrogen and oxygen atoms in total. The smallest absolute Gasteiger partial charge is 0.103 e. The van der Waals surface area contributed by atoms with Crippen LogP contribution in [0.15, 0.2) is 73.9 Å². The highest BCUT2D eigenvalue weighted by atomic mass is 15.3. The molecule has 0 amide bonds. The second-order valence-corrected chi connectivity index (χ2v) is 5.86. The first-order valence-corrected chi connectivity index (χ1v) is 7.60. The van der Waals surface area contributed by atoms with Crippen molar-refractivity contribution in [1.82, 2.24) is 14.8 Å². The van der Waals surface area contributed by atoms with E-state index in [2.05, 4.69) is 48.4 Å². The SMILES string of the molecule is C=C/C(=C1/c2ccc(C)cc21)C1C(=C)c2cncccn1nc2. The molecule has 1 aliphatic carbocycles. The number of aromatic nitrogens is 3. The van der Waals surface area contributed by atoms with Gasteiger partial charge in [-0.25, -0.2) is 0 Å². The Labute approximate surface area is 135 Å². The molecule has 1 aromatic heterocycles. The maximum atomic E-state index is 4.53. The van der Waals surface area contributed by atoms with E-state index in [1.807, 2.05) is 23.0 Å². The third-order valence-corrected chi connectivity index (χ3v) is 4.37. The first-order chi connectivity index (χ1) is 11.2. The lowest BCUT2D eigenvalue weighted by atomic mass is 9.93. The zero-order valence-electron chi connectivity index (χ0n) is 13.0. The van der Waals surface area contributed by atoms with Gasteiger partial charge < -0.3 is 0 Å². The monoisotopic (exact) mass is 299 g/mol. The maximum absolute atomic E-state index is 4.53. The summed E-state index contributed by atoms with van der Waals surface area (Å²) in [5, 5.41) is 4.53. The van der Waals surface area contributed by atoms with Gasteiger partial charge in [0.1, 0.15) is 6.04 Å². The Morgan fingerprint density at radius 3 is 2.91 bits per heavy atom. The maximum Gasteiger partial charge on any atom is 0.103 e. The Morgan fingerprint density at radius 1 is 1.26 bits per heavy atom. The van der Waals surface area contributed by atoms with Crippen LogP contribution < -0.4 is 0 Å². The molecule has 3 aliphatic rings. The summed E-state index contributed by atoms with van der Waals surface area (Å²) in [6.07, 6.45) is 9.23. The van der Waals surface area contributed by atoms with Crippen LogP contribution in [-0.2, 0) is 0 Å². The van der Waals surface area contributed by atoms with Crippen LogP contribution in [0.4, 0.5) is 0 Å². The normalized spacial score (nSPS) is 19.0. The van der Waals surface area contributed by atoms with E-state index in [0.717, 1.165) is 16.7 Å². The van der Waals surface area contributed by atoms with Crippen LogP contribution in [-0.4, -0.2) is 14.8 Å². The van der Waals surface area contributed by atoms with Gasteiger partial charge in [-0.2, -0.15) is 5.10 Å². The highest BCUT2D eigenvalue weighted by Gasteiger charge is 2.33. The molecule has 3 heterocycles. The van der Waals surface area contributed by atoms with E-state index in [-0.39, 0.29) is 6.04 Å². The van der Waals surface area contributed by atoms with E-state index in [0.29, 0.717) is 0 Å². The molecule has 3 heteroatoms. The average Bonchev–Trinajstić information content (AvgIpc) is 3.20. The molecule has 2 aliphatic heterocycles. The van der Waals surface area contributed by atoms with Crippen LogP contribution in [0.1, 0.15) is 28.3 Å². The summed E-state index contributed by atoms with van der Waals surface area (Å²) in [5.41, 5.74) is 8.23. The molecule has 0 fully saturated rings. The standard InChI is InChI=1S/C20H17N3/c1-4-16(19-17-7-6-13(2)10-18(17)19)20-14(3)15-11-21-8-5-9-23(20)22-12-15/h4-12,20H,1,3H2,2H3/b9-5?,15-11?,19-16+,21-8?. The fraction of sp³-hybridized carbons (Fsp3) is 0.100. The summed E-state index contributed by atoms with van der Waals surface area (Å²) in [7, 11) is 0. The second-order valence-electron chi connectivity index (χ2n) is 5.86. The first-order valence-electron chi connectivity index (χ1n) is 7.60. The van der Waals surface area contributed by atoms with Crippen molar-refractivity contribution in [3.05, 3.63) is 96.1 Å². The first kappa shape index (κ1) is 13.7. The van der Waals surface area contributed by atoms with Gasteiger partial charge >= 0.3 is 0 Å². The van der Waals surface area contributed by atoms with Crippen molar-refractivity contribution in [2.75, 3.05) is 0 Å². The molecule has 5 rings (SSSR count). The van der Waals surface area contributed by atoms with Gasteiger partial charge in [0.25, 0.3) is 0 Å². The van der Waals surface area contributed by atoms with Crippen LogP contribution in [0.2, 0.25) is 0 Å². The number of allylic oxidation sites excluding steroid dienone is 3. The van der Waals surface area contributed by atoms with Gasteiger partial charge in [0.2, 0.25) is 0 Å². The lowest BCUT2D eigenvalue weighted by Gasteiger charge is -2.24. The van der Waals surface area contributed by atoms with Crippen molar-refractivity contribution in [3.63, 3.8) is 0 Å². The third-order valence-electron chi connectivity index (χ3n) is 4.37. The molecule has 1 aromatic carbocycles. The van der Waals surface area contributed by atoms with Crippen molar-refractivity contribution in [3.8, 4) is 0 Å². The molecule has 112 valence electrons. The number of hydrogen-bond acceptors (Lipinski definition) is 2. The van der Waals surface area contributed by atoms with Gasteiger partial charge in [-0.15, -0.1) is 0 Å². The van der Waals surface area contributed by atoms with E-state index in [1.165, 1.54) is 22.3 Å². The molecule has 23 heavy (non-hydrogen) atoms. The van der Waals surface area contributed by atoms with Crippen LogP contribution in [0.5, 0.6) is 0 Å². The molecule has 2 aromatic rings. The van der Waals surface area contributed by atoms with Crippen molar-refractivity contribution in [1.29, 1.82) is 0 Å². The summed E-state index contributed by atoms with van der Waals surface area (Å²) in [5.74, 6) is 0. The Balaban J connectivity index is 1.91. The van der Waals surface area contributed by atoms with Gasteiger partial charge in [0.05, 0.1) is 6.20 Å². The Hall–Kier alpha value is -2.94. The van der Waals surface area contributed by atoms with Gasteiger partial charge in [0.15, 0.2) is 0 Å². The second kappa shape index (κ2) is 5.06. The summed E-state index contributed by atoms with van der Waals surface area (Å²) in [6.45, 7) is 10.5. The highest BCUT2D eigenvalue weighted by molar-refractivity contribution is 6.04. The number of benzene rings is 1. The van der Waals surface area contributed by atoms with Gasteiger partial charge in [-0.3, -0.25) is 9.67 Å². The molecular weight excluding hydrogens is 282 g/mol. The zero-order chi connectivity index (χ0) is 16.0. The number of nitrogens with zero attached hydrogens (tertiary/aromatic N) is 3. The molecule has 0 radical (unpaired) electrons. The Bertz CT molecular complexity index is 929. The topological polar surface area (TPSA) is 30.7 Å². The summed E-state index contributed by atoms with van der Waals surface area (Å²) < 4.78 is 1.92. The lowest BCUT2D eigenvalue weighted by Crippen LogP contribution is -2.17. The Morgan fingerprint density at radius 2 is 2.13 bits per heavy atom. The third kappa shape index (κ3) is 2.13. The number of fused-ring (bicyclic) bond motifs is 7. The van der Waals surface area contributed by atoms with Crippen molar-refractivity contribution in [2.24, 2.45) is 0 Å². The lowest BCUT2D eigenvalue weighted by molar-refractivity contribution is 0.600. The number of rotatable bonds is 2. The minimum Gasteiger partial charge on any atom is -0.264 e. The van der Waals surface area contributed by atoms with Crippen molar-refractivity contribution in [2.45, 2.75) is 13.0 Å². The van der Waals surface area contributed by atoms with E-state index in [1.54, 1.807) is 18.6 Å². The van der Waals surface area contributed by atoms with E-state index in [4.69, 9.17) is 0 Å². The molecule has 1 atom stereocenters. The molecule has 0 N–H and O–H groups in total. The molecule has 2 bridgehead atoms. The number of hydrogen-bond donors (Lipinski definition) is 0. The van der Waals surface area contributed by atoms with Crippen molar-refractivity contribution < 1.29 is 0 Å². The molecule has 0 saturated carbocycles. The molecule has 0 spiro atoms. The summed E-state index contributed by atoms with van der Waals surface area (Å²) >= 11 is 0.